The van der Waals surface area contributed by atoms with Gasteiger partial charge in [-0.2, -0.15) is 0 Å². The lowest BCUT2D eigenvalue weighted by Gasteiger charge is -2.49. The molecule has 0 radical (unpaired) electrons. The molecule has 0 aromatic rings. The molecule has 1 aliphatic carbocycles. The summed E-state index contributed by atoms with van der Waals surface area (Å²) in [5, 5.41) is 20.5. The first-order valence-electron chi connectivity index (χ1n) is 7.53. The van der Waals surface area contributed by atoms with Crippen molar-refractivity contribution in [2.45, 2.75) is 71.1 Å². The van der Waals surface area contributed by atoms with E-state index in [0.29, 0.717) is 5.92 Å². The van der Waals surface area contributed by atoms with Crippen LogP contribution in [-0.4, -0.2) is 40.9 Å². The molecule has 3 unspecified atom stereocenters. The minimum absolute atomic E-state index is 0.00639. The van der Waals surface area contributed by atoms with Gasteiger partial charge < -0.3 is 19.7 Å². The molecule has 0 aromatic heterocycles. The van der Waals surface area contributed by atoms with Crippen LogP contribution in [0.5, 0.6) is 0 Å². The molecular formula is C15H28O4. The van der Waals surface area contributed by atoms with E-state index >= 15 is 0 Å². The van der Waals surface area contributed by atoms with Crippen molar-refractivity contribution in [1.82, 2.24) is 0 Å². The van der Waals surface area contributed by atoms with Crippen LogP contribution >= 0.6 is 0 Å². The zero-order valence-corrected chi connectivity index (χ0v) is 12.5. The van der Waals surface area contributed by atoms with Crippen LogP contribution in [0.4, 0.5) is 0 Å². The number of rotatable bonds is 1. The molecule has 1 heterocycles. The minimum Gasteiger partial charge on any atom is -0.396 e. The predicted octanol–water partition coefficient (Wildman–Crippen LogP) is 1.93. The van der Waals surface area contributed by atoms with E-state index in [1.54, 1.807) is 0 Å². The van der Waals surface area contributed by atoms with Gasteiger partial charge in [0.15, 0.2) is 5.79 Å². The quantitative estimate of drug-likeness (QED) is 0.766. The highest BCUT2D eigenvalue weighted by Crippen LogP contribution is 2.45. The highest BCUT2D eigenvalue weighted by molar-refractivity contribution is 4.96. The molecule has 4 nitrogen and oxygen atoms in total. The highest BCUT2D eigenvalue weighted by Gasteiger charge is 2.55. The lowest BCUT2D eigenvalue weighted by Crippen LogP contribution is -2.61. The summed E-state index contributed by atoms with van der Waals surface area (Å²) in [6.45, 7) is 8.23. The molecule has 7 atom stereocenters. The molecule has 19 heavy (non-hydrogen) atoms. The number of aliphatic hydroxyl groups excluding tert-OH is 2. The van der Waals surface area contributed by atoms with Crippen LogP contribution in [0.15, 0.2) is 0 Å². The SMILES string of the molecule is CC1CC(C)[C@H](O)C2(O[C@H](C)C[C@H](C)O2)[C@@H](CO)C1. The van der Waals surface area contributed by atoms with Gasteiger partial charge in [0.2, 0.25) is 0 Å². The number of hydrogen-bond acceptors (Lipinski definition) is 4. The maximum atomic E-state index is 10.7. The van der Waals surface area contributed by atoms with Gasteiger partial charge in [-0.1, -0.05) is 13.8 Å². The predicted molar refractivity (Wildman–Crippen MR) is 72.6 cm³/mol. The molecule has 2 N–H and O–H groups in total. The van der Waals surface area contributed by atoms with Crippen molar-refractivity contribution in [2.75, 3.05) is 6.61 Å². The molecular weight excluding hydrogens is 244 g/mol. The van der Waals surface area contributed by atoms with E-state index in [9.17, 15) is 10.2 Å². The fourth-order valence-electron chi connectivity index (χ4n) is 3.90. The van der Waals surface area contributed by atoms with Gasteiger partial charge in [0.25, 0.3) is 0 Å². The van der Waals surface area contributed by atoms with Crippen LogP contribution in [-0.2, 0) is 9.47 Å². The van der Waals surface area contributed by atoms with Crippen LogP contribution < -0.4 is 0 Å². The third-order valence-corrected chi connectivity index (χ3v) is 4.64. The van der Waals surface area contributed by atoms with Gasteiger partial charge in [0.1, 0.15) is 6.10 Å². The first kappa shape index (κ1) is 15.2. The smallest absolute Gasteiger partial charge is 0.200 e. The van der Waals surface area contributed by atoms with Crippen molar-refractivity contribution in [3.63, 3.8) is 0 Å². The van der Waals surface area contributed by atoms with E-state index in [1.807, 2.05) is 20.8 Å². The Morgan fingerprint density at radius 2 is 1.58 bits per heavy atom. The van der Waals surface area contributed by atoms with Gasteiger partial charge in [-0.15, -0.1) is 0 Å². The fourth-order valence-corrected chi connectivity index (χ4v) is 3.90. The highest BCUT2D eigenvalue weighted by atomic mass is 16.7. The average Bonchev–Trinajstić information content (AvgIpc) is 2.39. The molecule has 0 amide bonds. The number of ether oxygens (including phenoxy) is 2. The molecule has 0 bridgehead atoms. The summed E-state index contributed by atoms with van der Waals surface area (Å²) in [4.78, 5) is 0. The second kappa shape index (κ2) is 5.68. The van der Waals surface area contributed by atoms with Crippen LogP contribution in [0.1, 0.15) is 47.0 Å². The maximum Gasteiger partial charge on any atom is 0.200 e. The Labute approximate surface area is 116 Å². The second-order valence-corrected chi connectivity index (χ2v) is 6.69. The summed E-state index contributed by atoms with van der Waals surface area (Å²) < 4.78 is 12.1. The van der Waals surface area contributed by atoms with Crippen molar-refractivity contribution in [1.29, 1.82) is 0 Å². The van der Waals surface area contributed by atoms with E-state index in [4.69, 9.17) is 9.47 Å². The topological polar surface area (TPSA) is 58.9 Å². The summed E-state index contributed by atoms with van der Waals surface area (Å²) >= 11 is 0. The summed E-state index contributed by atoms with van der Waals surface area (Å²) in [7, 11) is 0. The fraction of sp³-hybridized carbons (Fsp3) is 1.00. The van der Waals surface area contributed by atoms with Gasteiger partial charge in [0, 0.05) is 5.92 Å². The third kappa shape index (κ3) is 2.82. The maximum absolute atomic E-state index is 10.7. The summed E-state index contributed by atoms with van der Waals surface area (Å²) in [5.74, 6) is -0.617. The Balaban J connectivity index is 2.35. The van der Waals surface area contributed by atoms with E-state index in [0.717, 1.165) is 19.3 Å². The average molecular weight is 272 g/mol. The Hall–Kier alpha value is -0.160. The van der Waals surface area contributed by atoms with E-state index in [-0.39, 0.29) is 30.7 Å². The summed E-state index contributed by atoms with van der Waals surface area (Å²) in [5.41, 5.74) is 0. The number of aliphatic hydroxyl groups is 2. The Kier molecular flexibility index (Phi) is 4.56. The van der Waals surface area contributed by atoms with Crippen LogP contribution in [0.3, 0.4) is 0 Å². The Morgan fingerprint density at radius 3 is 2.11 bits per heavy atom. The molecule has 2 fully saturated rings. The molecule has 2 rings (SSSR count). The van der Waals surface area contributed by atoms with Gasteiger partial charge >= 0.3 is 0 Å². The van der Waals surface area contributed by atoms with E-state index in [1.165, 1.54) is 0 Å². The molecule has 0 aromatic carbocycles. The normalized spacial score (nSPS) is 52.1. The van der Waals surface area contributed by atoms with Crippen molar-refractivity contribution < 1.29 is 19.7 Å². The Bertz CT molecular complexity index is 297. The van der Waals surface area contributed by atoms with Crippen LogP contribution in [0.2, 0.25) is 0 Å². The zero-order chi connectivity index (χ0) is 14.2. The largest absolute Gasteiger partial charge is 0.396 e. The first-order valence-corrected chi connectivity index (χ1v) is 7.53. The lowest BCUT2D eigenvalue weighted by atomic mass is 9.87. The monoisotopic (exact) mass is 272 g/mol. The van der Waals surface area contributed by atoms with Crippen molar-refractivity contribution in [3.05, 3.63) is 0 Å². The van der Waals surface area contributed by atoms with Crippen LogP contribution in [0.25, 0.3) is 0 Å². The molecule has 1 aliphatic heterocycles. The molecule has 112 valence electrons. The summed E-state index contributed by atoms with van der Waals surface area (Å²) in [6, 6.07) is 0. The van der Waals surface area contributed by atoms with Crippen molar-refractivity contribution in [3.8, 4) is 0 Å². The minimum atomic E-state index is -1.03. The first-order chi connectivity index (χ1) is 8.89. The van der Waals surface area contributed by atoms with Gasteiger partial charge in [-0.05, 0) is 44.9 Å². The molecule has 2 aliphatic rings. The van der Waals surface area contributed by atoms with Crippen molar-refractivity contribution >= 4 is 0 Å². The van der Waals surface area contributed by atoms with E-state index in [2.05, 4.69) is 6.92 Å². The van der Waals surface area contributed by atoms with Crippen molar-refractivity contribution in [2.24, 2.45) is 17.8 Å². The standard InChI is InChI=1S/C15H28O4/c1-9-5-10(2)14(17)15(13(6-9)8-16)18-11(3)7-12(4)19-15/h9-14,16-17H,5-8H2,1-4H3/t9?,10?,11-,12+,13-,14+,15?/m1/s1. The zero-order valence-electron chi connectivity index (χ0n) is 12.5. The van der Waals surface area contributed by atoms with Crippen LogP contribution in [0, 0.1) is 17.8 Å². The van der Waals surface area contributed by atoms with Gasteiger partial charge in [0.05, 0.1) is 18.8 Å². The Morgan fingerprint density at radius 1 is 1.00 bits per heavy atom. The lowest BCUT2D eigenvalue weighted by molar-refractivity contribution is -0.373. The molecule has 1 saturated heterocycles. The summed E-state index contributed by atoms with van der Waals surface area (Å²) in [6.07, 6.45) is 2.02. The molecule has 4 heteroatoms. The molecule has 1 spiro atoms. The van der Waals surface area contributed by atoms with E-state index < -0.39 is 11.9 Å². The second-order valence-electron chi connectivity index (χ2n) is 6.69. The van der Waals surface area contributed by atoms with Gasteiger partial charge in [-0.25, -0.2) is 0 Å². The number of hydrogen-bond donors (Lipinski definition) is 2. The van der Waals surface area contributed by atoms with Gasteiger partial charge in [-0.3, -0.25) is 0 Å². The third-order valence-electron chi connectivity index (χ3n) is 4.64. The molecule has 1 saturated carbocycles.